The molecule has 0 aliphatic heterocycles. The van der Waals surface area contributed by atoms with Crippen molar-refractivity contribution in [2.75, 3.05) is 0 Å². The van der Waals surface area contributed by atoms with E-state index in [9.17, 15) is 4.79 Å². The zero-order chi connectivity index (χ0) is 18.2. The van der Waals surface area contributed by atoms with E-state index in [4.69, 9.17) is 4.74 Å². The number of aryl methyl sites for hydroxylation is 1. The highest BCUT2D eigenvalue weighted by Gasteiger charge is 2.08. The van der Waals surface area contributed by atoms with Crippen molar-refractivity contribution < 1.29 is 9.53 Å². The molecule has 0 bridgehead atoms. The summed E-state index contributed by atoms with van der Waals surface area (Å²) in [4.78, 5) is 11.8. The van der Waals surface area contributed by atoms with E-state index < -0.39 is 0 Å². The van der Waals surface area contributed by atoms with Gasteiger partial charge in [0.2, 0.25) is 0 Å². The number of carbonyl (C=O) groups excluding carboxylic acids is 1. The first-order chi connectivity index (χ1) is 11.6. The molecule has 0 saturated carbocycles. The van der Waals surface area contributed by atoms with E-state index in [0.717, 1.165) is 6.42 Å². The Hall–Kier alpha value is -1.31. The second-order valence-corrected chi connectivity index (χ2v) is 6.38. The van der Waals surface area contributed by atoms with Gasteiger partial charge in [-0.1, -0.05) is 77.8 Å². The van der Waals surface area contributed by atoms with Crippen LogP contribution in [0.15, 0.2) is 24.3 Å². The van der Waals surface area contributed by atoms with E-state index in [0.29, 0.717) is 5.56 Å². The first-order valence-corrected chi connectivity index (χ1v) is 9.93. The van der Waals surface area contributed by atoms with Gasteiger partial charge in [-0.15, -0.1) is 0 Å². The van der Waals surface area contributed by atoms with E-state index in [1.807, 2.05) is 39.8 Å². The van der Waals surface area contributed by atoms with Crippen LogP contribution in [0.4, 0.5) is 0 Å². The number of hydrogen-bond donors (Lipinski definition) is 0. The fraction of sp³-hybridized carbons (Fsp3) is 0.682. The van der Waals surface area contributed by atoms with Crippen molar-refractivity contribution in [1.29, 1.82) is 0 Å². The lowest BCUT2D eigenvalue weighted by molar-refractivity contribution is 0.0378. The van der Waals surface area contributed by atoms with Crippen molar-refractivity contribution in [1.82, 2.24) is 0 Å². The maximum Gasteiger partial charge on any atom is 0.338 e. The summed E-state index contributed by atoms with van der Waals surface area (Å²) < 4.78 is 5.19. The zero-order valence-corrected chi connectivity index (χ0v) is 16.6. The second kappa shape index (κ2) is 15.2. The van der Waals surface area contributed by atoms with Gasteiger partial charge in [-0.2, -0.15) is 0 Å². The monoisotopic (exact) mass is 334 g/mol. The average molecular weight is 335 g/mol. The van der Waals surface area contributed by atoms with E-state index >= 15 is 0 Å². The summed E-state index contributed by atoms with van der Waals surface area (Å²) in [5.41, 5.74) is 1.96. The molecule has 1 aromatic rings. The molecule has 0 amide bonds. The van der Waals surface area contributed by atoms with Crippen LogP contribution in [0, 0.1) is 0 Å². The van der Waals surface area contributed by atoms with Crippen molar-refractivity contribution >= 4 is 5.97 Å². The minimum atomic E-state index is -0.228. The highest BCUT2D eigenvalue weighted by Crippen LogP contribution is 2.13. The fourth-order valence-electron chi connectivity index (χ4n) is 2.55. The molecule has 0 aliphatic carbocycles. The topological polar surface area (TPSA) is 26.3 Å². The van der Waals surface area contributed by atoms with Crippen LogP contribution in [0.3, 0.4) is 0 Å². The molecule has 0 radical (unpaired) electrons. The molecule has 0 fully saturated rings. The molecular formula is C22H38O2. The van der Waals surface area contributed by atoms with Crippen LogP contribution in [0.2, 0.25) is 0 Å². The first kappa shape index (κ1) is 22.7. The lowest BCUT2D eigenvalue weighted by Gasteiger charge is -2.08. The number of unbranched alkanes of at least 4 members (excludes halogenated alkanes) is 7. The summed E-state index contributed by atoms with van der Waals surface area (Å²) >= 11 is 0. The minimum Gasteiger partial charge on any atom is -0.459 e. The number of ether oxygens (including phenoxy) is 1. The van der Waals surface area contributed by atoms with Gasteiger partial charge in [-0.25, -0.2) is 4.79 Å². The largest absolute Gasteiger partial charge is 0.459 e. The van der Waals surface area contributed by atoms with Crippen molar-refractivity contribution in [3.63, 3.8) is 0 Å². The molecule has 0 heterocycles. The van der Waals surface area contributed by atoms with Crippen molar-refractivity contribution in [3.05, 3.63) is 35.4 Å². The van der Waals surface area contributed by atoms with Crippen LogP contribution in [0.5, 0.6) is 0 Å². The molecule has 0 spiro atoms. The van der Waals surface area contributed by atoms with E-state index in [-0.39, 0.29) is 12.1 Å². The Morgan fingerprint density at radius 3 is 1.88 bits per heavy atom. The standard InChI is InChI=1S/C20H32O2.C2H6/c1-4-5-6-7-8-9-10-11-12-18-13-15-19(16-14-18)20(21)22-17(2)3;1-2/h13-17H,4-12H2,1-3H3;1-2H3. The molecule has 2 heteroatoms. The van der Waals surface area contributed by atoms with Gasteiger partial charge in [0.05, 0.1) is 11.7 Å². The van der Waals surface area contributed by atoms with Crippen molar-refractivity contribution in [2.45, 2.75) is 98.5 Å². The van der Waals surface area contributed by atoms with Crippen molar-refractivity contribution in [2.24, 2.45) is 0 Å². The molecule has 2 nitrogen and oxygen atoms in total. The van der Waals surface area contributed by atoms with Crippen LogP contribution in [0.25, 0.3) is 0 Å². The maximum atomic E-state index is 11.8. The van der Waals surface area contributed by atoms with E-state index in [2.05, 4.69) is 19.1 Å². The average Bonchev–Trinajstić information content (AvgIpc) is 2.59. The highest BCUT2D eigenvalue weighted by molar-refractivity contribution is 5.89. The molecular weight excluding hydrogens is 296 g/mol. The third kappa shape index (κ3) is 11.3. The first-order valence-electron chi connectivity index (χ1n) is 9.93. The third-order valence-corrected chi connectivity index (χ3v) is 3.85. The summed E-state index contributed by atoms with van der Waals surface area (Å²) in [7, 11) is 0. The van der Waals surface area contributed by atoms with Crippen LogP contribution in [0.1, 0.15) is 102 Å². The van der Waals surface area contributed by atoms with Gasteiger partial charge in [0.25, 0.3) is 0 Å². The van der Waals surface area contributed by atoms with Crippen LogP contribution >= 0.6 is 0 Å². The Bertz CT molecular complexity index is 406. The lowest BCUT2D eigenvalue weighted by Crippen LogP contribution is -2.11. The quantitative estimate of drug-likeness (QED) is 0.323. The van der Waals surface area contributed by atoms with Crippen LogP contribution in [-0.2, 0) is 11.2 Å². The summed E-state index contributed by atoms with van der Waals surface area (Å²) in [5, 5.41) is 0. The Morgan fingerprint density at radius 2 is 1.38 bits per heavy atom. The number of esters is 1. The van der Waals surface area contributed by atoms with Gasteiger partial charge in [-0.05, 0) is 44.4 Å². The normalized spacial score (nSPS) is 10.2. The molecule has 1 aromatic carbocycles. The minimum absolute atomic E-state index is 0.0653. The van der Waals surface area contributed by atoms with Crippen LogP contribution in [-0.4, -0.2) is 12.1 Å². The SMILES string of the molecule is CC.CCCCCCCCCCc1ccc(C(=O)OC(C)C)cc1. The highest BCUT2D eigenvalue weighted by atomic mass is 16.5. The predicted octanol–water partition coefficient (Wildman–Crippen LogP) is 6.96. The lowest BCUT2D eigenvalue weighted by atomic mass is 10.0. The number of carbonyl (C=O) groups is 1. The van der Waals surface area contributed by atoms with Gasteiger partial charge < -0.3 is 4.74 Å². The summed E-state index contributed by atoms with van der Waals surface area (Å²) in [6.07, 6.45) is 11.8. The smallest absolute Gasteiger partial charge is 0.338 e. The number of rotatable bonds is 11. The Kier molecular flexibility index (Phi) is 14.4. The number of benzene rings is 1. The Morgan fingerprint density at radius 1 is 0.875 bits per heavy atom. The van der Waals surface area contributed by atoms with Crippen molar-refractivity contribution in [3.8, 4) is 0 Å². The fourth-order valence-corrected chi connectivity index (χ4v) is 2.55. The van der Waals surface area contributed by atoms with E-state index in [1.165, 1.54) is 56.9 Å². The molecule has 24 heavy (non-hydrogen) atoms. The Labute approximate surface area is 150 Å². The molecule has 0 aromatic heterocycles. The molecule has 0 N–H and O–H groups in total. The van der Waals surface area contributed by atoms with Gasteiger partial charge in [0.1, 0.15) is 0 Å². The summed E-state index contributed by atoms with van der Waals surface area (Å²) in [5.74, 6) is -0.228. The molecule has 0 aliphatic rings. The molecule has 138 valence electrons. The van der Waals surface area contributed by atoms with Gasteiger partial charge in [0, 0.05) is 0 Å². The molecule has 0 atom stereocenters. The second-order valence-electron chi connectivity index (χ2n) is 6.38. The van der Waals surface area contributed by atoms with Gasteiger partial charge in [-0.3, -0.25) is 0 Å². The Balaban J connectivity index is 0.00000254. The van der Waals surface area contributed by atoms with Gasteiger partial charge >= 0.3 is 5.97 Å². The third-order valence-electron chi connectivity index (χ3n) is 3.85. The molecule has 0 unspecified atom stereocenters. The van der Waals surface area contributed by atoms with Gasteiger partial charge in [0.15, 0.2) is 0 Å². The molecule has 0 saturated heterocycles. The maximum absolute atomic E-state index is 11.8. The zero-order valence-electron chi connectivity index (χ0n) is 16.6. The van der Waals surface area contributed by atoms with Crippen LogP contribution < -0.4 is 0 Å². The predicted molar refractivity (Wildman–Crippen MR) is 105 cm³/mol. The summed E-state index contributed by atoms with van der Waals surface area (Å²) in [6, 6.07) is 7.87. The molecule has 1 rings (SSSR count). The van der Waals surface area contributed by atoms with E-state index in [1.54, 1.807) is 0 Å². The number of hydrogen-bond acceptors (Lipinski definition) is 2. The summed E-state index contributed by atoms with van der Waals surface area (Å²) in [6.45, 7) is 10.00.